The predicted octanol–water partition coefficient (Wildman–Crippen LogP) is 2.07. The van der Waals surface area contributed by atoms with Crippen molar-refractivity contribution >= 4 is 23.0 Å². The third-order valence-corrected chi connectivity index (χ3v) is 3.87. The Hall–Kier alpha value is -1.86. The van der Waals surface area contributed by atoms with E-state index in [1.807, 2.05) is 25.1 Å². The van der Waals surface area contributed by atoms with Crippen LogP contribution in [0.1, 0.15) is 25.3 Å². The van der Waals surface area contributed by atoms with Crippen LogP contribution in [0.4, 0.5) is 0 Å². The number of benzene rings is 1. The Kier molecular flexibility index (Phi) is 6.61. The van der Waals surface area contributed by atoms with Crippen LogP contribution < -0.4 is 20.2 Å². The van der Waals surface area contributed by atoms with E-state index in [0.29, 0.717) is 11.7 Å². The van der Waals surface area contributed by atoms with Gasteiger partial charge >= 0.3 is 0 Å². The number of rotatable bonds is 6. The molecule has 1 saturated heterocycles. The molecule has 1 fully saturated rings. The van der Waals surface area contributed by atoms with Crippen LogP contribution in [0.25, 0.3) is 0 Å². The maximum absolute atomic E-state index is 5.54. The van der Waals surface area contributed by atoms with Crippen LogP contribution in [0, 0.1) is 0 Å². The van der Waals surface area contributed by atoms with E-state index in [2.05, 4.69) is 15.8 Å². The van der Waals surface area contributed by atoms with Crippen molar-refractivity contribution in [2.24, 2.45) is 5.10 Å². The molecular formula is C16H23N3O3S. The second-order valence-electron chi connectivity index (χ2n) is 5.22. The maximum Gasteiger partial charge on any atom is 0.187 e. The summed E-state index contributed by atoms with van der Waals surface area (Å²) in [5.41, 5.74) is 4.45. The van der Waals surface area contributed by atoms with Crippen molar-refractivity contribution in [3.05, 3.63) is 23.8 Å². The second kappa shape index (κ2) is 8.69. The largest absolute Gasteiger partial charge is 0.497 e. The SMILES string of the molecule is COc1ccc(OC)c(/C(C)=N\NC(=S)NC[C@@H]2CCCO2)c1. The van der Waals surface area contributed by atoms with Crippen LogP contribution in [-0.2, 0) is 4.74 Å². The molecule has 1 aromatic rings. The molecule has 126 valence electrons. The summed E-state index contributed by atoms with van der Waals surface area (Å²) in [6, 6.07) is 5.57. The molecule has 1 aliphatic rings. The Bertz CT molecular complexity index is 572. The Morgan fingerprint density at radius 3 is 2.87 bits per heavy atom. The summed E-state index contributed by atoms with van der Waals surface area (Å²) in [5.74, 6) is 1.47. The van der Waals surface area contributed by atoms with Gasteiger partial charge in [0.15, 0.2) is 5.11 Å². The van der Waals surface area contributed by atoms with Crippen molar-refractivity contribution in [2.45, 2.75) is 25.9 Å². The van der Waals surface area contributed by atoms with Crippen molar-refractivity contribution < 1.29 is 14.2 Å². The molecule has 0 spiro atoms. The lowest BCUT2D eigenvalue weighted by Crippen LogP contribution is -2.37. The van der Waals surface area contributed by atoms with Crippen LogP contribution in [0.5, 0.6) is 11.5 Å². The van der Waals surface area contributed by atoms with Crippen molar-refractivity contribution in [3.8, 4) is 11.5 Å². The highest BCUT2D eigenvalue weighted by molar-refractivity contribution is 7.80. The average Bonchev–Trinajstić information content (AvgIpc) is 3.10. The Labute approximate surface area is 142 Å². The van der Waals surface area contributed by atoms with Crippen molar-refractivity contribution in [1.82, 2.24) is 10.7 Å². The molecule has 7 heteroatoms. The number of nitrogens with zero attached hydrogens (tertiary/aromatic N) is 1. The molecule has 2 rings (SSSR count). The zero-order valence-corrected chi connectivity index (χ0v) is 14.5. The van der Waals surface area contributed by atoms with Gasteiger partial charge in [0, 0.05) is 18.7 Å². The fourth-order valence-corrected chi connectivity index (χ4v) is 2.47. The minimum absolute atomic E-state index is 0.235. The van der Waals surface area contributed by atoms with E-state index in [9.17, 15) is 0 Å². The molecule has 0 radical (unpaired) electrons. The summed E-state index contributed by atoms with van der Waals surface area (Å²) >= 11 is 5.23. The molecule has 0 bridgehead atoms. The summed E-state index contributed by atoms with van der Waals surface area (Å²) in [5, 5.41) is 7.90. The molecular weight excluding hydrogens is 314 g/mol. The topological polar surface area (TPSA) is 64.1 Å². The van der Waals surface area contributed by atoms with Crippen molar-refractivity contribution in [3.63, 3.8) is 0 Å². The third kappa shape index (κ3) is 5.07. The van der Waals surface area contributed by atoms with Gasteiger partial charge in [-0.25, -0.2) is 0 Å². The van der Waals surface area contributed by atoms with E-state index in [0.717, 1.165) is 42.2 Å². The van der Waals surface area contributed by atoms with Crippen molar-refractivity contribution in [2.75, 3.05) is 27.4 Å². The Morgan fingerprint density at radius 2 is 2.22 bits per heavy atom. The van der Waals surface area contributed by atoms with Gasteiger partial charge in [-0.2, -0.15) is 5.10 Å². The molecule has 1 aliphatic heterocycles. The van der Waals surface area contributed by atoms with Gasteiger partial charge in [0.2, 0.25) is 0 Å². The first kappa shape index (κ1) is 17.5. The quantitative estimate of drug-likeness (QED) is 0.471. The third-order valence-electron chi connectivity index (χ3n) is 3.64. The zero-order chi connectivity index (χ0) is 16.7. The molecule has 2 N–H and O–H groups in total. The highest BCUT2D eigenvalue weighted by Crippen LogP contribution is 2.24. The lowest BCUT2D eigenvalue weighted by Gasteiger charge is -2.13. The molecule has 1 aromatic carbocycles. The van der Waals surface area contributed by atoms with Gasteiger partial charge in [-0.1, -0.05) is 0 Å². The molecule has 0 unspecified atom stereocenters. The summed E-state index contributed by atoms with van der Waals surface area (Å²) in [7, 11) is 3.25. The van der Waals surface area contributed by atoms with Gasteiger partial charge < -0.3 is 19.5 Å². The number of thiocarbonyl (C=S) groups is 1. The average molecular weight is 337 g/mol. The number of hydrazone groups is 1. The minimum Gasteiger partial charge on any atom is -0.497 e. The summed E-state index contributed by atoms with van der Waals surface area (Å²) < 4.78 is 16.1. The lowest BCUT2D eigenvalue weighted by atomic mass is 10.1. The van der Waals surface area contributed by atoms with Gasteiger partial charge in [-0.3, -0.25) is 5.43 Å². The number of hydrogen-bond donors (Lipinski definition) is 2. The van der Waals surface area contributed by atoms with E-state index in [4.69, 9.17) is 26.4 Å². The van der Waals surface area contributed by atoms with Gasteiger partial charge in [-0.05, 0) is 50.2 Å². The highest BCUT2D eigenvalue weighted by Gasteiger charge is 2.15. The van der Waals surface area contributed by atoms with E-state index in [1.165, 1.54) is 0 Å². The summed E-state index contributed by atoms with van der Waals surface area (Å²) in [4.78, 5) is 0. The number of ether oxygens (including phenoxy) is 3. The second-order valence-corrected chi connectivity index (χ2v) is 5.63. The Balaban J connectivity index is 1.94. The smallest absolute Gasteiger partial charge is 0.187 e. The van der Waals surface area contributed by atoms with E-state index >= 15 is 0 Å². The summed E-state index contributed by atoms with van der Waals surface area (Å²) in [6.45, 7) is 3.41. The van der Waals surface area contributed by atoms with Gasteiger partial charge in [0.25, 0.3) is 0 Å². The summed E-state index contributed by atoms with van der Waals surface area (Å²) in [6.07, 6.45) is 2.41. The van der Waals surface area contributed by atoms with E-state index in [1.54, 1.807) is 14.2 Å². The molecule has 0 aliphatic carbocycles. The normalized spacial score (nSPS) is 17.7. The van der Waals surface area contributed by atoms with Crippen LogP contribution >= 0.6 is 12.2 Å². The van der Waals surface area contributed by atoms with Crippen molar-refractivity contribution in [1.29, 1.82) is 0 Å². The molecule has 0 aromatic heterocycles. The van der Waals surface area contributed by atoms with Crippen LogP contribution in [0.3, 0.4) is 0 Å². The maximum atomic E-state index is 5.54. The first-order chi connectivity index (χ1) is 11.1. The van der Waals surface area contributed by atoms with Crippen LogP contribution in [0.2, 0.25) is 0 Å². The van der Waals surface area contributed by atoms with Crippen LogP contribution in [0.15, 0.2) is 23.3 Å². The number of methoxy groups -OCH3 is 2. The highest BCUT2D eigenvalue weighted by atomic mass is 32.1. The monoisotopic (exact) mass is 337 g/mol. The molecule has 1 heterocycles. The predicted molar refractivity (Wildman–Crippen MR) is 94.5 cm³/mol. The molecule has 1 atom stereocenters. The fourth-order valence-electron chi connectivity index (χ4n) is 2.34. The van der Waals surface area contributed by atoms with E-state index in [-0.39, 0.29) is 6.10 Å². The zero-order valence-electron chi connectivity index (χ0n) is 13.7. The molecule has 23 heavy (non-hydrogen) atoms. The Morgan fingerprint density at radius 1 is 1.39 bits per heavy atom. The van der Waals surface area contributed by atoms with Gasteiger partial charge in [0.1, 0.15) is 11.5 Å². The standard InChI is InChI=1S/C16H23N3O3S/c1-11(14-9-12(20-2)6-7-15(14)21-3)18-19-16(23)17-10-13-5-4-8-22-13/h6-7,9,13H,4-5,8,10H2,1-3H3,(H2,17,19,23)/b18-11-/t13-/m0/s1. The van der Waals surface area contributed by atoms with Gasteiger partial charge in [-0.15, -0.1) is 0 Å². The van der Waals surface area contributed by atoms with Crippen LogP contribution in [-0.4, -0.2) is 44.3 Å². The molecule has 0 saturated carbocycles. The van der Waals surface area contributed by atoms with E-state index < -0.39 is 0 Å². The lowest BCUT2D eigenvalue weighted by molar-refractivity contribution is 0.114. The molecule has 6 nitrogen and oxygen atoms in total. The fraction of sp³-hybridized carbons (Fsp3) is 0.500. The molecule has 0 amide bonds. The minimum atomic E-state index is 0.235. The first-order valence-corrected chi connectivity index (χ1v) is 7.97. The number of nitrogens with one attached hydrogen (secondary N) is 2. The van der Waals surface area contributed by atoms with Gasteiger partial charge in [0.05, 0.1) is 26.0 Å². The first-order valence-electron chi connectivity index (χ1n) is 7.56. The number of hydrogen-bond acceptors (Lipinski definition) is 5.